The molecule has 0 bridgehead atoms. The van der Waals surface area contributed by atoms with Gasteiger partial charge < -0.3 is 19.7 Å². The standard InChI is InChI=1S/C21H29N3O2/c1-23-11-13-24(14-12-23)15-16-26-21-10-6-4-8-19(21)22-17-18-7-3-5-9-20(18)25-2/h3-10,22H,11-17H2,1-2H3. The van der Waals surface area contributed by atoms with Crippen LogP contribution < -0.4 is 14.8 Å². The third kappa shape index (κ3) is 5.13. The van der Waals surface area contributed by atoms with Crippen LogP contribution in [0.5, 0.6) is 11.5 Å². The van der Waals surface area contributed by atoms with E-state index in [1.807, 2.05) is 36.4 Å². The minimum atomic E-state index is 0.697. The molecule has 0 spiro atoms. The van der Waals surface area contributed by atoms with Crippen molar-refractivity contribution in [1.29, 1.82) is 0 Å². The van der Waals surface area contributed by atoms with Gasteiger partial charge in [0.25, 0.3) is 0 Å². The molecule has 5 heteroatoms. The summed E-state index contributed by atoms with van der Waals surface area (Å²) < 4.78 is 11.5. The molecule has 1 heterocycles. The highest BCUT2D eigenvalue weighted by Gasteiger charge is 2.13. The zero-order chi connectivity index (χ0) is 18.2. The first-order valence-electron chi connectivity index (χ1n) is 9.25. The lowest BCUT2D eigenvalue weighted by atomic mass is 10.2. The number of anilines is 1. The maximum atomic E-state index is 6.06. The van der Waals surface area contributed by atoms with Crippen LogP contribution >= 0.6 is 0 Å². The number of nitrogens with one attached hydrogen (secondary N) is 1. The van der Waals surface area contributed by atoms with Gasteiger partial charge in [0.2, 0.25) is 0 Å². The number of nitrogens with zero attached hydrogens (tertiary/aromatic N) is 2. The first-order valence-corrected chi connectivity index (χ1v) is 9.25. The summed E-state index contributed by atoms with van der Waals surface area (Å²) >= 11 is 0. The number of benzene rings is 2. The summed E-state index contributed by atoms with van der Waals surface area (Å²) in [5, 5.41) is 3.47. The highest BCUT2D eigenvalue weighted by atomic mass is 16.5. The quantitative estimate of drug-likeness (QED) is 0.788. The van der Waals surface area contributed by atoms with Crippen molar-refractivity contribution in [2.24, 2.45) is 0 Å². The normalized spacial score (nSPS) is 15.6. The summed E-state index contributed by atoms with van der Waals surface area (Å²) in [5.41, 5.74) is 2.14. The Bertz CT molecular complexity index is 684. The van der Waals surface area contributed by atoms with Crippen molar-refractivity contribution in [3.8, 4) is 11.5 Å². The number of para-hydroxylation sites is 3. The Labute approximate surface area is 156 Å². The molecule has 0 amide bonds. The van der Waals surface area contributed by atoms with Gasteiger partial charge in [0.05, 0.1) is 12.8 Å². The summed E-state index contributed by atoms with van der Waals surface area (Å²) in [6.07, 6.45) is 0. The van der Waals surface area contributed by atoms with Gasteiger partial charge in [0.15, 0.2) is 0 Å². The fourth-order valence-electron chi connectivity index (χ4n) is 3.13. The van der Waals surface area contributed by atoms with Gasteiger partial charge in [0, 0.05) is 44.8 Å². The Morgan fingerprint density at radius 1 is 0.923 bits per heavy atom. The van der Waals surface area contributed by atoms with E-state index in [1.165, 1.54) is 0 Å². The van der Waals surface area contributed by atoms with Crippen molar-refractivity contribution in [3.05, 3.63) is 54.1 Å². The zero-order valence-electron chi connectivity index (χ0n) is 15.8. The molecule has 1 saturated heterocycles. The van der Waals surface area contributed by atoms with Crippen molar-refractivity contribution >= 4 is 5.69 Å². The van der Waals surface area contributed by atoms with Crippen molar-refractivity contribution in [2.45, 2.75) is 6.54 Å². The maximum Gasteiger partial charge on any atom is 0.142 e. The van der Waals surface area contributed by atoms with Crippen LogP contribution in [0.15, 0.2) is 48.5 Å². The molecule has 2 aromatic rings. The van der Waals surface area contributed by atoms with Gasteiger partial charge in [-0.05, 0) is 25.2 Å². The number of hydrogen-bond acceptors (Lipinski definition) is 5. The summed E-state index contributed by atoms with van der Waals surface area (Å²) in [6.45, 7) is 6.88. The Morgan fingerprint density at radius 3 is 2.38 bits per heavy atom. The molecule has 0 radical (unpaired) electrons. The number of ether oxygens (including phenoxy) is 2. The number of methoxy groups -OCH3 is 1. The van der Waals surface area contributed by atoms with Crippen molar-refractivity contribution < 1.29 is 9.47 Å². The van der Waals surface area contributed by atoms with Crippen LogP contribution in [0.25, 0.3) is 0 Å². The third-order valence-corrected chi connectivity index (χ3v) is 4.81. The third-order valence-electron chi connectivity index (χ3n) is 4.81. The van der Waals surface area contributed by atoms with Crippen LogP contribution in [0.2, 0.25) is 0 Å². The minimum absolute atomic E-state index is 0.697. The van der Waals surface area contributed by atoms with Crippen molar-refractivity contribution in [3.63, 3.8) is 0 Å². The van der Waals surface area contributed by atoms with Gasteiger partial charge in [-0.1, -0.05) is 30.3 Å². The van der Waals surface area contributed by atoms with Crippen LogP contribution in [-0.4, -0.2) is 63.3 Å². The van der Waals surface area contributed by atoms with E-state index in [0.717, 1.165) is 55.5 Å². The van der Waals surface area contributed by atoms with Crippen LogP contribution in [0.3, 0.4) is 0 Å². The predicted molar refractivity (Wildman–Crippen MR) is 106 cm³/mol. The molecule has 5 nitrogen and oxygen atoms in total. The Hall–Kier alpha value is -2.24. The minimum Gasteiger partial charge on any atom is -0.496 e. The molecule has 0 aliphatic carbocycles. The molecular formula is C21H29N3O2. The number of hydrogen-bond donors (Lipinski definition) is 1. The van der Waals surface area contributed by atoms with Gasteiger partial charge in [-0.25, -0.2) is 0 Å². The lowest BCUT2D eigenvalue weighted by Gasteiger charge is -2.32. The summed E-state index contributed by atoms with van der Waals surface area (Å²) in [7, 11) is 3.88. The largest absolute Gasteiger partial charge is 0.496 e. The van der Waals surface area contributed by atoms with E-state index in [4.69, 9.17) is 9.47 Å². The van der Waals surface area contributed by atoms with Crippen molar-refractivity contribution in [2.75, 3.05) is 58.8 Å². The molecule has 0 unspecified atom stereocenters. The highest BCUT2D eigenvalue weighted by Crippen LogP contribution is 2.26. The first kappa shape index (κ1) is 18.5. The molecule has 0 aromatic heterocycles. The summed E-state index contributed by atoms with van der Waals surface area (Å²) in [5.74, 6) is 1.80. The van der Waals surface area contributed by atoms with Crippen LogP contribution in [0.4, 0.5) is 5.69 Å². The molecule has 3 rings (SSSR count). The second-order valence-electron chi connectivity index (χ2n) is 6.65. The number of rotatable bonds is 8. The van der Waals surface area contributed by atoms with Crippen LogP contribution in [-0.2, 0) is 6.54 Å². The van der Waals surface area contributed by atoms with E-state index in [2.05, 4.69) is 34.3 Å². The maximum absolute atomic E-state index is 6.06. The Balaban J connectivity index is 1.53. The number of likely N-dealkylation sites (N-methyl/N-ethyl adjacent to an activating group) is 1. The molecule has 1 fully saturated rings. The molecule has 1 aliphatic rings. The zero-order valence-corrected chi connectivity index (χ0v) is 15.8. The van der Waals surface area contributed by atoms with Gasteiger partial charge in [-0.15, -0.1) is 0 Å². The van der Waals surface area contributed by atoms with E-state index >= 15 is 0 Å². The van der Waals surface area contributed by atoms with Gasteiger partial charge in [-0.3, -0.25) is 4.90 Å². The molecule has 1 N–H and O–H groups in total. The summed E-state index contributed by atoms with van der Waals surface area (Å²) in [6, 6.07) is 16.2. The second-order valence-corrected chi connectivity index (χ2v) is 6.65. The van der Waals surface area contributed by atoms with E-state index < -0.39 is 0 Å². The molecule has 1 aliphatic heterocycles. The highest BCUT2D eigenvalue weighted by molar-refractivity contribution is 5.56. The van der Waals surface area contributed by atoms with Gasteiger partial charge in [-0.2, -0.15) is 0 Å². The van der Waals surface area contributed by atoms with Crippen molar-refractivity contribution in [1.82, 2.24) is 9.80 Å². The molecular weight excluding hydrogens is 326 g/mol. The molecule has 0 saturated carbocycles. The molecule has 2 aromatic carbocycles. The van der Waals surface area contributed by atoms with Crippen LogP contribution in [0.1, 0.15) is 5.56 Å². The smallest absolute Gasteiger partial charge is 0.142 e. The predicted octanol–water partition coefficient (Wildman–Crippen LogP) is 2.93. The molecule has 140 valence electrons. The lowest BCUT2D eigenvalue weighted by molar-refractivity contribution is 0.134. The summed E-state index contributed by atoms with van der Waals surface area (Å²) in [4.78, 5) is 4.83. The molecule has 0 atom stereocenters. The SMILES string of the molecule is COc1ccccc1CNc1ccccc1OCCN1CCN(C)CC1. The average molecular weight is 355 g/mol. The second kappa shape index (κ2) is 9.46. The Morgan fingerprint density at radius 2 is 1.62 bits per heavy atom. The lowest BCUT2D eigenvalue weighted by Crippen LogP contribution is -2.45. The fraction of sp³-hybridized carbons (Fsp3) is 0.429. The number of piperazine rings is 1. The van der Waals surface area contributed by atoms with E-state index in [0.29, 0.717) is 13.2 Å². The van der Waals surface area contributed by atoms with E-state index in [1.54, 1.807) is 7.11 Å². The first-order chi connectivity index (χ1) is 12.8. The Kier molecular flexibility index (Phi) is 6.75. The van der Waals surface area contributed by atoms with E-state index in [-0.39, 0.29) is 0 Å². The monoisotopic (exact) mass is 355 g/mol. The topological polar surface area (TPSA) is 37.0 Å². The average Bonchev–Trinajstić information content (AvgIpc) is 2.69. The van der Waals surface area contributed by atoms with Crippen LogP contribution in [0, 0.1) is 0 Å². The van der Waals surface area contributed by atoms with E-state index in [9.17, 15) is 0 Å². The fourth-order valence-corrected chi connectivity index (χ4v) is 3.13. The van der Waals surface area contributed by atoms with Gasteiger partial charge >= 0.3 is 0 Å². The van der Waals surface area contributed by atoms with Gasteiger partial charge in [0.1, 0.15) is 18.1 Å². The molecule has 26 heavy (non-hydrogen) atoms.